The molecule has 1 saturated heterocycles. The summed E-state index contributed by atoms with van der Waals surface area (Å²) in [5, 5.41) is 3.59. The van der Waals surface area contributed by atoms with E-state index in [1.165, 1.54) is 30.6 Å². The Kier molecular flexibility index (Phi) is 4.64. The van der Waals surface area contributed by atoms with E-state index >= 15 is 0 Å². The van der Waals surface area contributed by atoms with E-state index in [2.05, 4.69) is 62.2 Å². The van der Waals surface area contributed by atoms with E-state index in [0.717, 1.165) is 19.0 Å². The molecule has 2 nitrogen and oxygen atoms in total. The average molecular weight is 260 g/mol. The number of benzene rings is 1. The van der Waals surface area contributed by atoms with Gasteiger partial charge in [0.2, 0.25) is 0 Å². The third-order valence-corrected chi connectivity index (χ3v) is 3.83. The number of nitrogens with zero attached hydrogens (tertiary/aromatic N) is 1. The predicted octanol–water partition coefficient (Wildman–Crippen LogP) is 3.42. The van der Waals surface area contributed by atoms with Crippen molar-refractivity contribution in [1.29, 1.82) is 0 Å². The van der Waals surface area contributed by atoms with Crippen molar-refractivity contribution in [2.45, 2.75) is 52.7 Å². The van der Waals surface area contributed by atoms with E-state index in [1.807, 2.05) is 0 Å². The van der Waals surface area contributed by atoms with Gasteiger partial charge in [-0.1, -0.05) is 31.2 Å². The topological polar surface area (TPSA) is 15.3 Å². The number of nitrogens with one attached hydrogen (secondary N) is 1. The number of hydrogen-bond donors (Lipinski definition) is 1. The number of rotatable bonds is 4. The molecule has 0 aliphatic carbocycles. The van der Waals surface area contributed by atoms with Gasteiger partial charge in [-0.25, -0.2) is 0 Å². The van der Waals surface area contributed by atoms with Crippen molar-refractivity contribution >= 4 is 0 Å². The molecule has 0 radical (unpaired) electrons. The van der Waals surface area contributed by atoms with Crippen LogP contribution in [0, 0.1) is 5.92 Å². The Hall–Kier alpha value is -0.860. The van der Waals surface area contributed by atoms with Gasteiger partial charge in [0.25, 0.3) is 0 Å². The first kappa shape index (κ1) is 14.5. The third kappa shape index (κ3) is 4.63. The lowest BCUT2D eigenvalue weighted by Crippen LogP contribution is -2.35. The van der Waals surface area contributed by atoms with E-state index in [0.29, 0.717) is 0 Å². The van der Waals surface area contributed by atoms with Gasteiger partial charge in [0.15, 0.2) is 0 Å². The molecule has 0 spiro atoms. The van der Waals surface area contributed by atoms with Crippen LogP contribution in [-0.4, -0.2) is 23.5 Å². The predicted molar refractivity (Wildman–Crippen MR) is 82.1 cm³/mol. The molecule has 106 valence electrons. The Bertz CT molecular complexity index is 406. The quantitative estimate of drug-likeness (QED) is 0.892. The molecule has 1 fully saturated rings. The Morgan fingerprint density at radius 3 is 2.47 bits per heavy atom. The molecule has 2 rings (SSSR count). The highest BCUT2D eigenvalue weighted by Gasteiger charge is 2.19. The van der Waals surface area contributed by atoms with Crippen LogP contribution in [-0.2, 0) is 13.1 Å². The second kappa shape index (κ2) is 6.06. The second-order valence-electron chi connectivity index (χ2n) is 7.00. The van der Waals surface area contributed by atoms with Crippen molar-refractivity contribution in [3.8, 4) is 0 Å². The highest BCUT2D eigenvalue weighted by Crippen LogP contribution is 2.20. The summed E-state index contributed by atoms with van der Waals surface area (Å²) in [5.41, 5.74) is 3.10. The maximum Gasteiger partial charge on any atom is 0.0237 e. The van der Waals surface area contributed by atoms with Gasteiger partial charge < -0.3 is 5.32 Å². The molecule has 0 aromatic heterocycles. The summed E-state index contributed by atoms with van der Waals surface area (Å²) in [6.07, 6.45) is 1.35. The van der Waals surface area contributed by atoms with E-state index in [-0.39, 0.29) is 5.54 Å². The van der Waals surface area contributed by atoms with Gasteiger partial charge in [0, 0.05) is 25.2 Å². The summed E-state index contributed by atoms with van der Waals surface area (Å²) in [6.45, 7) is 13.6. The lowest BCUT2D eigenvalue weighted by Gasteiger charge is -2.23. The molecular weight excluding hydrogens is 232 g/mol. The summed E-state index contributed by atoms with van der Waals surface area (Å²) in [7, 11) is 0. The number of hydrogen-bond acceptors (Lipinski definition) is 2. The van der Waals surface area contributed by atoms with Gasteiger partial charge in [0.05, 0.1) is 0 Å². The molecule has 19 heavy (non-hydrogen) atoms. The van der Waals surface area contributed by atoms with Gasteiger partial charge in [-0.05, 0) is 50.8 Å². The first-order valence-electron chi connectivity index (χ1n) is 7.48. The SMILES string of the molecule is CC1CCN(Cc2ccccc2CNC(C)(C)C)C1. The van der Waals surface area contributed by atoms with Crippen molar-refractivity contribution < 1.29 is 0 Å². The summed E-state index contributed by atoms with van der Waals surface area (Å²) >= 11 is 0. The van der Waals surface area contributed by atoms with E-state index in [4.69, 9.17) is 0 Å². The van der Waals surface area contributed by atoms with Crippen LogP contribution in [0.2, 0.25) is 0 Å². The van der Waals surface area contributed by atoms with E-state index < -0.39 is 0 Å². The maximum absolute atomic E-state index is 3.59. The third-order valence-electron chi connectivity index (χ3n) is 3.83. The molecule has 1 aromatic carbocycles. The molecule has 1 aliphatic rings. The smallest absolute Gasteiger partial charge is 0.0237 e. The minimum atomic E-state index is 0.176. The standard InChI is InChI=1S/C17H28N2/c1-14-9-10-19(12-14)13-16-8-6-5-7-15(16)11-18-17(2,3)4/h5-8,14,18H,9-13H2,1-4H3. The zero-order valence-electron chi connectivity index (χ0n) is 12.9. The Labute approximate surface area is 118 Å². The normalized spacial score (nSPS) is 20.9. The molecule has 0 bridgehead atoms. The van der Waals surface area contributed by atoms with Crippen LogP contribution in [0.5, 0.6) is 0 Å². The van der Waals surface area contributed by atoms with Gasteiger partial charge in [-0.2, -0.15) is 0 Å². The van der Waals surface area contributed by atoms with Crippen molar-refractivity contribution in [1.82, 2.24) is 10.2 Å². The van der Waals surface area contributed by atoms with E-state index in [9.17, 15) is 0 Å². The fraction of sp³-hybridized carbons (Fsp3) is 0.647. The zero-order chi connectivity index (χ0) is 13.9. The van der Waals surface area contributed by atoms with Gasteiger partial charge in [0.1, 0.15) is 0 Å². The molecular formula is C17H28N2. The van der Waals surface area contributed by atoms with Gasteiger partial charge in [-0.3, -0.25) is 4.90 Å². The fourth-order valence-corrected chi connectivity index (χ4v) is 2.66. The summed E-state index contributed by atoms with van der Waals surface area (Å²) in [6, 6.07) is 8.85. The monoisotopic (exact) mass is 260 g/mol. The largest absolute Gasteiger partial charge is 0.308 e. The van der Waals surface area contributed by atoms with Crippen LogP contribution < -0.4 is 5.32 Å². The summed E-state index contributed by atoms with van der Waals surface area (Å²) in [5.74, 6) is 0.861. The molecule has 0 amide bonds. The summed E-state index contributed by atoms with van der Waals surface area (Å²) in [4.78, 5) is 2.58. The van der Waals surface area contributed by atoms with Gasteiger partial charge >= 0.3 is 0 Å². The molecule has 1 N–H and O–H groups in total. The van der Waals surface area contributed by atoms with Crippen LogP contribution in [0.15, 0.2) is 24.3 Å². The maximum atomic E-state index is 3.59. The molecule has 1 aliphatic heterocycles. The average Bonchev–Trinajstić information content (AvgIpc) is 2.73. The first-order valence-corrected chi connectivity index (χ1v) is 7.48. The second-order valence-corrected chi connectivity index (χ2v) is 7.00. The molecule has 1 heterocycles. The van der Waals surface area contributed by atoms with Gasteiger partial charge in [-0.15, -0.1) is 0 Å². The van der Waals surface area contributed by atoms with Crippen molar-refractivity contribution in [3.05, 3.63) is 35.4 Å². The van der Waals surface area contributed by atoms with Crippen molar-refractivity contribution in [3.63, 3.8) is 0 Å². The molecule has 1 unspecified atom stereocenters. The van der Waals surface area contributed by atoms with E-state index in [1.54, 1.807) is 0 Å². The number of likely N-dealkylation sites (tertiary alicyclic amines) is 1. The van der Waals surface area contributed by atoms with Crippen LogP contribution >= 0.6 is 0 Å². The lowest BCUT2D eigenvalue weighted by molar-refractivity contribution is 0.318. The first-order chi connectivity index (χ1) is 8.94. The van der Waals surface area contributed by atoms with Crippen LogP contribution in [0.25, 0.3) is 0 Å². The Morgan fingerprint density at radius 2 is 1.89 bits per heavy atom. The lowest BCUT2D eigenvalue weighted by atomic mass is 10.0. The van der Waals surface area contributed by atoms with Crippen LogP contribution in [0.4, 0.5) is 0 Å². The molecule has 1 atom stereocenters. The Balaban J connectivity index is 1.99. The van der Waals surface area contributed by atoms with Crippen molar-refractivity contribution in [2.75, 3.05) is 13.1 Å². The molecule has 0 saturated carbocycles. The summed E-state index contributed by atoms with van der Waals surface area (Å²) < 4.78 is 0. The Morgan fingerprint density at radius 1 is 1.21 bits per heavy atom. The fourth-order valence-electron chi connectivity index (χ4n) is 2.66. The zero-order valence-corrected chi connectivity index (χ0v) is 12.9. The molecule has 2 heteroatoms. The van der Waals surface area contributed by atoms with Crippen LogP contribution in [0.3, 0.4) is 0 Å². The van der Waals surface area contributed by atoms with Crippen LogP contribution in [0.1, 0.15) is 45.2 Å². The molecule has 1 aromatic rings. The minimum Gasteiger partial charge on any atom is -0.308 e. The highest BCUT2D eigenvalue weighted by atomic mass is 15.1. The highest BCUT2D eigenvalue weighted by molar-refractivity contribution is 5.27. The minimum absolute atomic E-state index is 0.176. The van der Waals surface area contributed by atoms with Crippen molar-refractivity contribution in [2.24, 2.45) is 5.92 Å².